The SMILES string of the molecule is C=C.C=C.C=C.C=C.C=C.C=C.C=C.C=C.C=C.C=C.C=C.C=C.c1ccc(-c2cc3ccccc3cn2)cc1.c1ccc(-c2ccc3ccccc3n2)cc1.c1ccc(-c2cccc3ccccc23)nc1.c1ccc(-c2ccccn2)cc1.c1ccc(-c2nccc3ccccc23)cc1.c1ccc2c(c1)ccc1cccnc12. The zero-order chi connectivity index (χ0) is 84.8. The van der Waals surface area contributed by atoms with E-state index in [1.807, 2.05) is 177 Å². The molecule has 17 aromatic rings. The van der Waals surface area contributed by atoms with Gasteiger partial charge in [-0.25, -0.2) is 4.98 Å². The Hall–Kier alpha value is -15.2. The van der Waals surface area contributed by atoms with Gasteiger partial charge < -0.3 is 0 Å². The molecule has 0 saturated heterocycles. The lowest BCUT2D eigenvalue weighted by Gasteiger charge is -2.05. The highest BCUT2D eigenvalue weighted by atomic mass is 14.7. The molecule has 572 valence electrons. The third kappa shape index (κ3) is 32.3. The van der Waals surface area contributed by atoms with E-state index < -0.39 is 0 Å². The van der Waals surface area contributed by atoms with Gasteiger partial charge in [0.2, 0.25) is 0 Å². The maximum atomic E-state index is 4.65. The number of fused-ring (bicyclic) bond motifs is 7. The van der Waals surface area contributed by atoms with Gasteiger partial charge >= 0.3 is 0 Å². The molecule has 6 aromatic heterocycles. The lowest BCUT2D eigenvalue weighted by molar-refractivity contribution is 1.33. The van der Waals surface area contributed by atoms with Gasteiger partial charge in [0.25, 0.3) is 0 Å². The van der Waals surface area contributed by atoms with Crippen molar-refractivity contribution in [2.75, 3.05) is 0 Å². The number of pyridine rings is 6. The second kappa shape index (κ2) is 64.9. The third-order valence-corrected chi connectivity index (χ3v) is 15.1. The van der Waals surface area contributed by atoms with Crippen molar-refractivity contribution in [2.24, 2.45) is 0 Å². The zero-order valence-electron chi connectivity index (χ0n) is 66.4. The van der Waals surface area contributed by atoms with Crippen LogP contribution >= 0.6 is 0 Å². The molecular weight excluding hydrogens is 1380 g/mol. The Morgan fingerprint density at radius 3 is 1.05 bits per heavy atom. The van der Waals surface area contributed by atoms with E-state index in [9.17, 15) is 0 Å². The van der Waals surface area contributed by atoms with Gasteiger partial charge in [0.05, 0.1) is 39.5 Å². The summed E-state index contributed by atoms with van der Waals surface area (Å²) in [7, 11) is 0. The average Bonchev–Trinajstić information content (AvgIpc) is 0.812. The van der Waals surface area contributed by atoms with Crippen molar-refractivity contribution in [3.63, 3.8) is 0 Å². The Bertz CT molecular complexity index is 4900. The number of aromatic nitrogens is 6. The highest BCUT2D eigenvalue weighted by molar-refractivity contribution is 6.05. The molecule has 17 rings (SSSR count). The Labute approximate surface area is 681 Å². The van der Waals surface area contributed by atoms with Crippen LogP contribution in [0.25, 0.3) is 121 Å². The minimum atomic E-state index is 1.03. The fourth-order valence-corrected chi connectivity index (χ4v) is 10.6. The van der Waals surface area contributed by atoms with E-state index in [1.165, 1.54) is 65.0 Å². The van der Waals surface area contributed by atoms with Crippen LogP contribution in [0.15, 0.2) is 535 Å². The first-order valence-corrected chi connectivity index (χ1v) is 36.0. The van der Waals surface area contributed by atoms with Crippen LogP contribution in [0.5, 0.6) is 0 Å². The van der Waals surface area contributed by atoms with Crippen LogP contribution in [0.1, 0.15) is 0 Å². The largest absolute Gasteiger partial charge is 0.256 e. The number of benzene rings is 11. The highest BCUT2D eigenvalue weighted by Gasteiger charge is 2.06. The van der Waals surface area contributed by atoms with Crippen molar-refractivity contribution in [1.29, 1.82) is 0 Å². The summed E-state index contributed by atoms with van der Waals surface area (Å²) in [5, 5.41) is 12.2. The van der Waals surface area contributed by atoms with Gasteiger partial charge in [-0.3, -0.25) is 24.9 Å². The highest BCUT2D eigenvalue weighted by Crippen LogP contribution is 2.29. The quantitative estimate of drug-likeness (QED) is 0.126. The summed E-state index contributed by atoms with van der Waals surface area (Å²) >= 11 is 0. The summed E-state index contributed by atoms with van der Waals surface area (Å²) in [6, 6.07) is 117. The van der Waals surface area contributed by atoms with Gasteiger partial charge in [-0.1, -0.05) is 291 Å². The lowest BCUT2D eigenvalue weighted by atomic mass is 10.0. The number of hydrogen-bond donors (Lipinski definition) is 0. The van der Waals surface area contributed by atoms with Gasteiger partial charge in [0, 0.05) is 85.7 Å². The van der Waals surface area contributed by atoms with Crippen LogP contribution in [0.3, 0.4) is 0 Å². The van der Waals surface area contributed by atoms with Crippen LogP contribution in [-0.4, -0.2) is 29.9 Å². The zero-order valence-corrected chi connectivity index (χ0v) is 66.4. The number of para-hydroxylation sites is 1. The van der Waals surface area contributed by atoms with Gasteiger partial charge in [0.1, 0.15) is 0 Å². The fourth-order valence-electron chi connectivity index (χ4n) is 10.6. The summed E-state index contributed by atoms with van der Waals surface area (Å²) in [4.78, 5) is 26.7. The fraction of sp³-hybridized carbons (Fsp3) is 0. The van der Waals surface area contributed by atoms with Gasteiger partial charge in [-0.2, -0.15) is 0 Å². The molecule has 11 aromatic carbocycles. The van der Waals surface area contributed by atoms with E-state index in [1.54, 1.807) is 0 Å². The second-order valence-electron chi connectivity index (χ2n) is 21.0. The van der Waals surface area contributed by atoms with E-state index in [-0.39, 0.29) is 0 Å². The second-order valence-corrected chi connectivity index (χ2v) is 21.0. The smallest absolute Gasteiger partial charge is 0.0780 e. The predicted molar refractivity (Wildman–Crippen MR) is 513 cm³/mol. The summed E-state index contributed by atoms with van der Waals surface area (Å²) in [6.45, 7) is 72.0. The predicted octanol–water partition coefficient (Wildman–Crippen LogP) is 31.4. The van der Waals surface area contributed by atoms with Crippen molar-refractivity contribution < 1.29 is 0 Å². The Kier molecular flexibility index (Phi) is 56.2. The first kappa shape index (κ1) is 98.8. The molecule has 0 fully saturated rings. The minimum absolute atomic E-state index is 1.03. The molecule has 0 radical (unpaired) electrons. The van der Waals surface area contributed by atoms with Crippen LogP contribution in [0.4, 0.5) is 0 Å². The van der Waals surface area contributed by atoms with E-state index in [0.717, 1.165) is 56.2 Å². The van der Waals surface area contributed by atoms with E-state index in [2.05, 4.69) is 388 Å². The lowest BCUT2D eigenvalue weighted by Crippen LogP contribution is -1.84. The molecule has 6 heteroatoms. The van der Waals surface area contributed by atoms with Crippen molar-refractivity contribution >= 4 is 64.9 Å². The molecule has 0 bridgehead atoms. The summed E-state index contributed by atoms with van der Waals surface area (Å²) < 4.78 is 0. The normalized spacial score (nSPS) is 8.67. The average molecular weight is 1490 g/mol. The molecule has 0 saturated carbocycles. The van der Waals surface area contributed by atoms with Gasteiger partial charge in [-0.05, 0) is 81.5 Å². The van der Waals surface area contributed by atoms with Crippen LogP contribution in [-0.2, 0) is 0 Å². The maximum Gasteiger partial charge on any atom is 0.0780 e. The van der Waals surface area contributed by atoms with E-state index >= 15 is 0 Å². The van der Waals surface area contributed by atoms with Crippen LogP contribution in [0.2, 0.25) is 0 Å². The van der Waals surface area contributed by atoms with E-state index in [4.69, 9.17) is 0 Å². The molecule has 0 N–H and O–H groups in total. The third-order valence-electron chi connectivity index (χ3n) is 15.1. The summed E-state index contributed by atoms with van der Waals surface area (Å²) in [5.74, 6) is 0. The molecule has 0 aliphatic carbocycles. The van der Waals surface area contributed by atoms with Gasteiger partial charge in [-0.15, -0.1) is 158 Å². The number of rotatable bonds is 5. The maximum absolute atomic E-state index is 4.65. The Balaban J connectivity index is 0.00000128. The van der Waals surface area contributed by atoms with Crippen molar-refractivity contribution in [2.45, 2.75) is 0 Å². The van der Waals surface area contributed by atoms with Crippen molar-refractivity contribution in [3.05, 3.63) is 535 Å². The molecular formula is C108H110N6. The topological polar surface area (TPSA) is 77.3 Å². The monoisotopic (exact) mass is 1490 g/mol. The molecule has 0 amide bonds. The molecule has 0 aliphatic rings. The number of nitrogens with zero attached hydrogens (tertiary/aromatic N) is 6. The molecule has 0 unspecified atom stereocenters. The van der Waals surface area contributed by atoms with Crippen molar-refractivity contribution in [1.82, 2.24) is 29.9 Å². The first-order chi connectivity index (χ1) is 56.7. The first-order valence-electron chi connectivity index (χ1n) is 36.0. The Morgan fingerprint density at radius 1 is 0.175 bits per heavy atom. The molecule has 6 heterocycles. The van der Waals surface area contributed by atoms with Crippen molar-refractivity contribution in [3.8, 4) is 56.3 Å². The number of hydrogen-bond acceptors (Lipinski definition) is 6. The van der Waals surface area contributed by atoms with E-state index in [0.29, 0.717) is 0 Å². The molecule has 0 spiro atoms. The Morgan fingerprint density at radius 2 is 0.535 bits per heavy atom. The summed E-state index contributed by atoms with van der Waals surface area (Å²) in [6.07, 6.45) is 9.27. The standard InChI is InChI=1S/4C15H11N.C13H9N.C11H9N.12C2H4/c1-2-8-13-12(6-1)7-5-9-14(13)15-10-3-4-11-16-15;1-2-7-13(8-3-1)15-14-9-5-4-6-12(14)10-11-16-15;1-2-6-12(7-3-1)15-10-13-8-4-5-9-14(13)11-16-15;1-2-6-12(7-3-1)15-11-10-13-8-4-5-9-14(13)16-15;1-2-6-12-10(4-1)7-8-11-5-3-9-14-13(11)12;1-2-6-10(7-3-1)11-8-4-5-9-12-11;12*1-2/h4*1-11H;1-9H;1-9H;12*1-2H2. The van der Waals surface area contributed by atoms with Gasteiger partial charge in [0.15, 0.2) is 0 Å². The molecule has 6 nitrogen and oxygen atoms in total. The van der Waals surface area contributed by atoms with Crippen LogP contribution < -0.4 is 0 Å². The molecule has 114 heavy (non-hydrogen) atoms. The molecule has 0 atom stereocenters. The van der Waals surface area contributed by atoms with Crippen LogP contribution in [0, 0.1) is 0 Å². The minimum Gasteiger partial charge on any atom is -0.256 e. The molecule has 0 aliphatic heterocycles. The summed E-state index contributed by atoms with van der Waals surface area (Å²) in [5.41, 5.74) is 13.1.